The molecule has 0 radical (unpaired) electrons. The number of fused-ring (bicyclic) bond motifs is 3. The van der Waals surface area contributed by atoms with E-state index in [1.54, 1.807) is 6.20 Å². The number of nitrogens with zero attached hydrogens (tertiary/aromatic N) is 4. The van der Waals surface area contributed by atoms with E-state index in [2.05, 4.69) is 59.5 Å². The van der Waals surface area contributed by atoms with Crippen molar-refractivity contribution in [2.24, 2.45) is 0 Å². The minimum atomic E-state index is 0.857. The second kappa shape index (κ2) is 3.81. The summed E-state index contributed by atoms with van der Waals surface area (Å²) in [6.07, 6.45) is 1.78. The highest BCUT2D eigenvalue weighted by molar-refractivity contribution is 9.10. The average molecular weight is 358 g/mol. The van der Waals surface area contributed by atoms with Crippen LogP contribution in [0.2, 0.25) is 0 Å². The van der Waals surface area contributed by atoms with Crippen LogP contribution in [0.1, 0.15) is 12.6 Å². The molecule has 4 nitrogen and oxygen atoms in total. The molecule has 0 fully saturated rings. The number of aryl methyl sites for hydroxylation is 2. The van der Waals surface area contributed by atoms with Crippen LogP contribution in [0, 0.1) is 6.92 Å². The van der Waals surface area contributed by atoms with Gasteiger partial charge in [-0.2, -0.15) is 9.61 Å². The molecule has 88 valence electrons. The van der Waals surface area contributed by atoms with Crippen LogP contribution in [0.25, 0.3) is 16.7 Å². The Hall–Kier alpha value is -0.880. The van der Waals surface area contributed by atoms with E-state index in [0.717, 1.165) is 38.0 Å². The highest BCUT2D eigenvalue weighted by Gasteiger charge is 2.15. The first-order chi connectivity index (χ1) is 8.13. The first kappa shape index (κ1) is 11.2. The SMILES string of the molecule is CCn1c(Br)cc2c(C)nc3c(Br)cnn3c21. The summed E-state index contributed by atoms with van der Waals surface area (Å²) in [5, 5.41) is 5.50. The van der Waals surface area contributed by atoms with E-state index >= 15 is 0 Å². The fourth-order valence-corrected chi connectivity index (χ4v) is 3.10. The summed E-state index contributed by atoms with van der Waals surface area (Å²) in [6, 6.07) is 2.09. The molecule has 0 aliphatic rings. The number of hydrogen-bond acceptors (Lipinski definition) is 2. The van der Waals surface area contributed by atoms with Gasteiger partial charge in [0.2, 0.25) is 0 Å². The third-order valence-corrected chi connectivity index (χ3v) is 4.12. The standard InChI is InChI=1S/C11H10Br2N4/c1-3-16-9(13)4-7-6(2)15-10-8(12)5-14-17(10)11(7)16/h4-5H,3H2,1-2H3. The predicted octanol–water partition coefficient (Wildman–Crippen LogP) is 3.54. The normalized spacial score (nSPS) is 11.8. The van der Waals surface area contributed by atoms with E-state index < -0.39 is 0 Å². The molecule has 0 aliphatic heterocycles. The van der Waals surface area contributed by atoms with Crippen LogP contribution in [-0.2, 0) is 6.54 Å². The van der Waals surface area contributed by atoms with Gasteiger partial charge in [0.05, 0.1) is 21.0 Å². The Morgan fingerprint density at radius 3 is 2.82 bits per heavy atom. The molecular formula is C11H10Br2N4. The molecule has 3 aromatic rings. The monoisotopic (exact) mass is 356 g/mol. The van der Waals surface area contributed by atoms with E-state index in [-0.39, 0.29) is 0 Å². The van der Waals surface area contributed by atoms with Gasteiger partial charge in [-0.25, -0.2) is 4.98 Å². The maximum absolute atomic E-state index is 4.57. The van der Waals surface area contributed by atoms with Gasteiger partial charge in [0, 0.05) is 11.9 Å². The van der Waals surface area contributed by atoms with Crippen LogP contribution < -0.4 is 0 Å². The Bertz CT molecular complexity index is 726. The Morgan fingerprint density at radius 1 is 1.35 bits per heavy atom. The fraction of sp³-hybridized carbons (Fsp3) is 0.273. The summed E-state index contributed by atoms with van der Waals surface area (Å²) in [4.78, 5) is 4.57. The molecule has 0 N–H and O–H groups in total. The van der Waals surface area contributed by atoms with E-state index in [1.807, 2.05) is 11.4 Å². The number of rotatable bonds is 1. The lowest BCUT2D eigenvalue weighted by atomic mass is 10.3. The van der Waals surface area contributed by atoms with Gasteiger partial charge in [-0.3, -0.25) is 0 Å². The number of hydrogen-bond donors (Lipinski definition) is 0. The molecule has 0 spiro atoms. The third-order valence-electron chi connectivity index (χ3n) is 2.90. The molecule has 3 heterocycles. The van der Waals surface area contributed by atoms with Gasteiger partial charge < -0.3 is 4.57 Å². The maximum Gasteiger partial charge on any atom is 0.171 e. The van der Waals surface area contributed by atoms with Crippen LogP contribution in [0.5, 0.6) is 0 Å². The van der Waals surface area contributed by atoms with Crippen LogP contribution in [0.4, 0.5) is 0 Å². The van der Waals surface area contributed by atoms with Crippen molar-refractivity contribution in [3.05, 3.63) is 27.0 Å². The first-order valence-corrected chi connectivity index (χ1v) is 6.90. The summed E-state index contributed by atoms with van der Waals surface area (Å²) in [5.74, 6) is 0. The Labute approximate surface area is 115 Å². The summed E-state index contributed by atoms with van der Waals surface area (Å²) in [5.41, 5.74) is 2.95. The summed E-state index contributed by atoms with van der Waals surface area (Å²) in [7, 11) is 0. The summed E-state index contributed by atoms with van der Waals surface area (Å²) < 4.78 is 6.03. The van der Waals surface area contributed by atoms with Crippen LogP contribution in [0.3, 0.4) is 0 Å². The minimum Gasteiger partial charge on any atom is -0.320 e. The van der Waals surface area contributed by atoms with Crippen LogP contribution in [-0.4, -0.2) is 19.2 Å². The largest absolute Gasteiger partial charge is 0.320 e. The molecule has 17 heavy (non-hydrogen) atoms. The molecule has 0 aromatic carbocycles. The van der Waals surface area contributed by atoms with Crippen molar-refractivity contribution in [3.8, 4) is 0 Å². The highest BCUT2D eigenvalue weighted by Crippen LogP contribution is 2.28. The highest BCUT2D eigenvalue weighted by atomic mass is 79.9. The molecule has 0 saturated carbocycles. The zero-order valence-corrected chi connectivity index (χ0v) is 12.6. The number of halogens is 2. The molecule has 3 rings (SSSR count). The van der Waals surface area contributed by atoms with Crippen molar-refractivity contribution in [1.82, 2.24) is 19.2 Å². The second-order valence-electron chi connectivity index (χ2n) is 3.87. The lowest BCUT2D eigenvalue weighted by Gasteiger charge is -2.05. The Balaban J connectivity index is 2.62. The molecular weight excluding hydrogens is 348 g/mol. The first-order valence-electron chi connectivity index (χ1n) is 5.32. The van der Waals surface area contributed by atoms with Crippen LogP contribution >= 0.6 is 31.9 Å². The zero-order chi connectivity index (χ0) is 12.2. The zero-order valence-electron chi connectivity index (χ0n) is 9.41. The quantitative estimate of drug-likeness (QED) is 0.667. The Kier molecular flexibility index (Phi) is 2.52. The van der Waals surface area contributed by atoms with E-state index in [0.29, 0.717) is 0 Å². The van der Waals surface area contributed by atoms with Gasteiger partial charge in [0.15, 0.2) is 5.65 Å². The average Bonchev–Trinajstić information content (AvgIpc) is 2.81. The molecule has 6 heteroatoms. The smallest absolute Gasteiger partial charge is 0.171 e. The third kappa shape index (κ3) is 1.47. The molecule has 0 aliphatic carbocycles. The van der Waals surface area contributed by atoms with Crippen LogP contribution in [0.15, 0.2) is 21.3 Å². The van der Waals surface area contributed by atoms with Crippen molar-refractivity contribution in [2.45, 2.75) is 20.4 Å². The van der Waals surface area contributed by atoms with E-state index in [1.165, 1.54) is 0 Å². The fourth-order valence-electron chi connectivity index (χ4n) is 2.10. The minimum absolute atomic E-state index is 0.857. The molecule has 0 bridgehead atoms. The summed E-state index contributed by atoms with van der Waals surface area (Å²) in [6.45, 7) is 5.03. The van der Waals surface area contributed by atoms with Gasteiger partial charge in [-0.15, -0.1) is 0 Å². The van der Waals surface area contributed by atoms with Gasteiger partial charge in [-0.1, -0.05) is 0 Å². The topological polar surface area (TPSA) is 35.1 Å². The number of aromatic nitrogens is 4. The molecule has 0 amide bonds. The molecule has 0 atom stereocenters. The molecule has 0 saturated heterocycles. The lowest BCUT2D eigenvalue weighted by molar-refractivity contribution is 0.752. The van der Waals surface area contributed by atoms with Crippen molar-refractivity contribution in [3.63, 3.8) is 0 Å². The van der Waals surface area contributed by atoms with Gasteiger partial charge in [-0.05, 0) is 51.8 Å². The second-order valence-corrected chi connectivity index (χ2v) is 5.54. The van der Waals surface area contributed by atoms with Crippen molar-refractivity contribution >= 4 is 48.5 Å². The lowest BCUT2D eigenvalue weighted by Crippen LogP contribution is -2.02. The van der Waals surface area contributed by atoms with Crippen molar-refractivity contribution in [2.75, 3.05) is 0 Å². The predicted molar refractivity (Wildman–Crippen MR) is 74.3 cm³/mol. The molecule has 3 aromatic heterocycles. The summed E-state index contributed by atoms with van der Waals surface area (Å²) >= 11 is 7.05. The van der Waals surface area contributed by atoms with Gasteiger partial charge in [0.1, 0.15) is 5.65 Å². The van der Waals surface area contributed by atoms with E-state index in [4.69, 9.17) is 0 Å². The maximum atomic E-state index is 4.57. The van der Waals surface area contributed by atoms with Gasteiger partial charge in [0.25, 0.3) is 0 Å². The Morgan fingerprint density at radius 2 is 2.12 bits per heavy atom. The van der Waals surface area contributed by atoms with Crippen molar-refractivity contribution in [1.29, 1.82) is 0 Å². The van der Waals surface area contributed by atoms with E-state index in [9.17, 15) is 0 Å². The van der Waals surface area contributed by atoms with Crippen molar-refractivity contribution < 1.29 is 0 Å². The molecule has 0 unspecified atom stereocenters. The van der Waals surface area contributed by atoms with Gasteiger partial charge >= 0.3 is 0 Å².